The third-order valence-electron chi connectivity index (χ3n) is 3.52. The molecular formula is C17H17N3O. The first-order valence-electron chi connectivity index (χ1n) is 6.87. The van der Waals surface area contributed by atoms with Crippen molar-refractivity contribution in [1.29, 1.82) is 0 Å². The van der Waals surface area contributed by atoms with E-state index in [1.807, 2.05) is 44.2 Å². The molecule has 0 radical (unpaired) electrons. The molecule has 4 heteroatoms. The standard InChI is InChI=1S/C17H17N3O/c1-11-7-13(8-12(2)17(11)21)10-20-14-3-4-15-16(9-14)19-6-5-18-15/h3-9,20-21H,10H2,1-2H3. The van der Waals surface area contributed by atoms with Gasteiger partial charge in [0.1, 0.15) is 5.75 Å². The summed E-state index contributed by atoms with van der Waals surface area (Å²) in [7, 11) is 0. The van der Waals surface area contributed by atoms with E-state index in [0.717, 1.165) is 33.4 Å². The Morgan fingerprint density at radius 3 is 2.33 bits per heavy atom. The number of fused-ring (bicyclic) bond motifs is 1. The molecule has 3 aromatic rings. The topological polar surface area (TPSA) is 58.0 Å². The molecule has 0 aliphatic heterocycles. The Balaban J connectivity index is 1.80. The lowest BCUT2D eigenvalue weighted by Crippen LogP contribution is -2.00. The van der Waals surface area contributed by atoms with E-state index in [4.69, 9.17) is 0 Å². The highest BCUT2D eigenvalue weighted by Gasteiger charge is 2.04. The lowest BCUT2D eigenvalue weighted by atomic mass is 10.1. The molecule has 0 bridgehead atoms. The summed E-state index contributed by atoms with van der Waals surface area (Å²) in [6.45, 7) is 4.53. The number of nitrogens with one attached hydrogen (secondary N) is 1. The number of hydrogen-bond acceptors (Lipinski definition) is 4. The summed E-state index contributed by atoms with van der Waals surface area (Å²) in [5.41, 5.74) is 5.71. The van der Waals surface area contributed by atoms with Crippen molar-refractivity contribution in [2.75, 3.05) is 5.32 Å². The minimum Gasteiger partial charge on any atom is -0.507 e. The van der Waals surface area contributed by atoms with Crippen molar-refractivity contribution in [3.63, 3.8) is 0 Å². The van der Waals surface area contributed by atoms with Gasteiger partial charge in [-0.1, -0.05) is 12.1 Å². The summed E-state index contributed by atoms with van der Waals surface area (Å²) in [6.07, 6.45) is 3.39. The van der Waals surface area contributed by atoms with Gasteiger partial charge in [0.25, 0.3) is 0 Å². The fraction of sp³-hybridized carbons (Fsp3) is 0.176. The predicted octanol–water partition coefficient (Wildman–Crippen LogP) is 3.56. The van der Waals surface area contributed by atoms with E-state index in [-0.39, 0.29) is 0 Å². The number of anilines is 1. The molecule has 3 rings (SSSR count). The molecule has 106 valence electrons. The van der Waals surface area contributed by atoms with E-state index in [1.54, 1.807) is 12.4 Å². The lowest BCUT2D eigenvalue weighted by Gasteiger charge is -2.10. The van der Waals surface area contributed by atoms with E-state index in [0.29, 0.717) is 12.3 Å². The molecule has 0 aliphatic rings. The molecular weight excluding hydrogens is 262 g/mol. The van der Waals surface area contributed by atoms with Gasteiger partial charge in [0.2, 0.25) is 0 Å². The molecule has 2 N–H and O–H groups in total. The molecule has 0 unspecified atom stereocenters. The number of phenols is 1. The van der Waals surface area contributed by atoms with Crippen LogP contribution < -0.4 is 5.32 Å². The highest BCUT2D eigenvalue weighted by atomic mass is 16.3. The van der Waals surface area contributed by atoms with Crippen LogP contribution in [0.5, 0.6) is 5.75 Å². The molecule has 0 amide bonds. The lowest BCUT2D eigenvalue weighted by molar-refractivity contribution is 0.466. The maximum Gasteiger partial charge on any atom is 0.121 e. The molecule has 1 heterocycles. The van der Waals surface area contributed by atoms with Crippen molar-refractivity contribution >= 4 is 16.7 Å². The minimum atomic E-state index is 0.375. The largest absolute Gasteiger partial charge is 0.507 e. The summed E-state index contributed by atoms with van der Waals surface area (Å²) in [6, 6.07) is 9.93. The third-order valence-corrected chi connectivity index (χ3v) is 3.52. The number of aromatic nitrogens is 2. The van der Waals surface area contributed by atoms with Gasteiger partial charge in [0.05, 0.1) is 11.0 Å². The van der Waals surface area contributed by atoms with Gasteiger partial charge in [0.15, 0.2) is 0 Å². The molecule has 1 aromatic heterocycles. The van der Waals surface area contributed by atoms with Gasteiger partial charge in [-0.25, -0.2) is 0 Å². The van der Waals surface area contributed by atoms with E-state index in [9.17, 15) is 5.11 Å². The zero-order chi connectivity index (χ0) is 14.8. The summed E-state index contributed by atoms with van der Waals surface area (Å²) in [5, 5.41) is 13.2. The van der Waals surface area contributed by atoms with Crippen LogP contribution in [0.3, 0.4) is 0 Å². The van der Waals surface area contributed by atoms with Gasteiger partial charge in [-0.2, -0.15) is 0 Å². The Bertz CT molecular complexity index is 776. The van der Waals surface area contributed by atoms with Crippen LogP contribution in [-0.4, -0.2) is 15.1 Å². The maximum atomic E-state index is 9.80. The monoisotopic (exact) mass is 279 g/mol. The fourth-order valence-corrected chi connectivity index (χ4v) is 2.43. The maximum absolute atomic E-state index is 9.80. The van der Waals surface area contributed by atoms with Crippen molar-refractivity contribution < 1.29 is 5.11 Å². The molecule has 0 saturated carbocycles. The van der Waals surface area contributed by atoms with Crippen molar-refractivity contribution in [2.24, 2.45) is 0 Å². The van der Waals surface area contributed by atoms with Crippen LogP contribution in [0.1, 0.15) is 16.7 Å². The van der Waals surface area contributed by atoms with Gasteiger partial charge in [0, 0.05) is 24.6 Å². The average Bonchev–Trinajstić information content (AvgIpc) is 2.50. The zero-order valence-corrected chi connectivity index (χ0v) is 12.1. The second kappa shape index (κ2) is 5.40. The van der Waals surface area contributed by atoms with E-state index in [2.05, 4.69) is 15.3 Å². The second-order valence-corrected chi connectivity index (χ2v) is 5.19. The molecule has 0 fully saturated rings. The van der Waals surface area contributed by atoms with Crippen molar-refractivity contribution in [3.8, 4) is 5.75 Å². The Hall–Kier alpha value is -2.62. The first-order chi connectivity index (χ1) is 10.1. The van der Waals surface area contributed by atoms with Crippen LogP contribution in [0, 0.1) is 13.8 Å². The van der Waals surface area contributed by atoms with Gasteiger partial charge >= 0.3 is 0 Å². The van der Waals surface area contributed by atoms with Gasteiger partial charge in [-0.3, -0.25) is 9.97 Å². The zero-order valence-electron chi connectivity index (χ0n) is 12.1. The van der Waals surface area contributed by atoms with E-state index < -0.39 is 0 Å². The summed E-state index contributed by atoms with van der Waals surface area (Å²) >= 11 is 0. The number of benzene rings is 2. The number of aromatic hydroxyl groups is 1. The van der Waals surface area contributed by atoms with Crippen molar-refractivity contribution in [2.45, 2.75) is 20.4 Å². The van der Waals surface area contributed by atoms with Crippen LogP contribution in [-0.2, 0) is 6.54 Å². The highest BCUT2D eigenvalue weighted by molar-refractivity contribution is 5.78. The highest BCUT2D eigenvalue weighted by Crippen LogP contribution is 2.23. The summed E-state index contributed by atoms with van der Waals surface area (Å²) < 4.78 is 0. The molecule has 4 nitrogen and oxygen atoms in total. The van der Waals surface area contributed by atoms with Gasteiger partial charge in [-0.15, -0.1) is 0 Å². The first-order valence-corrected chi connectivity index (χ1v) is 6.87. The Morgan fingerprint density at radius 1 is 0.952 bits per heavy atom. The number of phenolic OH excluding ortho intramolecular Hbond substituents is 1. The second-order valence-electron chi connectivity index (χ2n) is 5.19. The first kappa shape index (κ1) is 13.4. The number of rotatable bonds is 3. The van der Waals surface area contributed by atoms with Crippen LogP contribution >= 0.6 is 0 Å². The quantitative estimate of drug-likeness (QED) is 0.769. The van der Waals surface area contributed by atoms with Crippen LogP contribution in [0.25, 0.3) is 11.0 Å². The Morgan fingerprint density at radius 2 is 1.62 bits per heavy atom. The molecule has 0 saturated heterocycles. The van der Waals surface area contributed by atoms with Crippen molar-refractivity contribution in [1.82, 2.24) is 9.97 Å². The SMILES string of the molecule is Cc1cc(CNc2ccc3nccnc3c2)cc(C)c1O. The summed E-state index contributed by atoms with van der Waals surface area (Å²) in [4.78, 5) is 8.56. The minimum absolute atomic E-state index is 0.375. The van der Waals surface area contributed by atoms with Crippen LogP contribution in [0.4, 0.5) is 5.69 Å². The number of nitrogens with zero attached hydrogens (tertiary/aromatic N) is 2. The van der Waals surface area contributed by atoms with Gasteiger partial charge < -0.3 is 10.4 Å². The number of aryl methyl sites for hydroxylation is 2. The molecule has 0 aliphatic carbocycles. The smallest absolute Gasteiger partial charge is 0.121 e. The molecule has 0 spiro atoms. The van der Waals surface area contributed by atoms with Crippen LogP contribution in [0.15, 0.2) is 42.7 Å². The van der Waals surface area contributed by atoms with E-state index in [1.165, 1.54) is 0 Å². The Labute approximate surface area is 123 Å². The molecule has 2 aromatic carbocycles. The normalized spacial score (nSPS) is 10.8. The third kappa shape index (κ3) is 2.79. The van der Waals surface area contributed by atoms with Crippen LogP contribution in [0.2, 0.25) is 0 Å². The summed E-state index contributed by atoms with van der Waals surface area (Å²) in [5.74, 6) is 0.375. The number of hydrogen-bond donors (Lipinski definition) is 2. The molecule has 21 heavy (non-hydrogen) atoms. The van der Waals surface area contributed by atoms with Gasteiger partial charge in [-0.05, 0) is 48.7 Å². The fourth-order valence-electron chi connectivity index (χ4n) is 2.43. The van der Waals surface area contributed by atoms with Crippen molar-refractivity contribution in [3.05, 3.63) is 59.4 Å². The average molecular weight is 279 g/mol. The molecule has 0 atom stereocenters. The predicted molar refractivity (Wildman–Crippen MR) is 84.4 cm³/mol. The van der Waals surface area contributed by atoms with E-state index >= 15 is 0 Å². The Kier molecular flexibility index (Phi) is 3.44.